The van der Waals surface area contributed by atoms with Crippen molar-refractivity contribution in [2.24, 2.45) is 11.7 Å². The number of esters is 1. The Kier molecular flexibility index (Phi) is 11.3. The maximum atomic E-state index is 13.0. The summed E-state index contributed by atoms with van der Waals surface area (Å²) >= 11 is 12.7. The largest absolute Gasteiger partial charge is 0.490 e. The van der Waals surface area contributed by atoms with Gasteiger partial charge in [-0.15, -0.1) is 0 Å². The van der Waals surface area contributed by atoms with E-state index >= 15 is 0 Å². The smallest absolute Gasteiger partial charge is 0.343 e. The Morgan fingerprint density at radius 3 is 2.41 bits per heavy atom. The fourth-order valence-corrected chi connectivity index (χ4v) is 5.23. The number of hydrogen-bond acceptors (Lipinski definition) is 8. The van der Waals surface area contributed by atoms with Gasteiger partial charge < -0.3 is 29.4 Å². The summed E-state index contributed by atoms with van der Waals surface area (Å²) in [6.07, 6.45) is 2.71. The average molecular weight is 640 g/mol. The SMILES string of the molecule is CCCCOc1c(Cl)cc(C(=O)Oc2ccc3c(c2)OC(N)=C(C#N)C3c2ccc(OCCC(C)C)c(OCC)c2)cc1Cl. The number of fused-ring (bicyclic) bond motifs is 1. The van der Waals surface area contributed by atoms with E-state index in [1.807, 2.05) is 32.0 Å². The van der Waals surface area contributed by atoms with Gasteiger partial charge in [0.2, 0.25) is 5.88 Å². The van der Waals surface area contributed by atoms with E-state index in [9.17, 15) is 10.1 Å². The Morgan fingerprint density at radius 2 is 1.75 bits per heavy atom. The lowest BCUT2D eigenvalue weighted by atomic mass is 9.83. The minimum absolute atomic E-state index is 0.0408. The quantitative estimate of drug-likeness (QED) is 0.113. The number of nitriles is 1. The van der Waals surface area contributed by atoms with Crippen molar-refractivity contribution in [2.75, 3.05) is 19.8 Å². The third-order valence-corrected chi connectivity index (χ3v) is 7.49. The molecule has 0 saturated carbocycles. The molecule has 0 radical (unpaired) electrons. The van der Waals surface area contributed by atoms with Crippen molar-refractivity contribution in [1.29, 1.82) is 5.26 Å². The first kappa shape index (κ1) is 32.8. The van der Waals surface area contributed by atoms with E-state index in [1.165, 1.54) is 12.1 Å². The number of benzene rings is 3. The highest BCUT2D eigenvalue weighted by atomic mass is 35.5. The van der Waals surface area contributed by atoms with Crippen LogP contribution in [0.4, 0.5) is 0 Å². The molecule has 3 aromatic rings. The first-order valence-corrected chi connectivity index (χ1v) is 15.4. The third kappa shape index (κ3) is 7.71. The third-order valence-electron chi connectivity index (χ3n) is 6.93. The van der Waals surface area contributed by atoms with E-state index in [0.717, 1.165) is 24.8 Å². The molecule has 3 aromatic carbocycles. The summed E-state index contributed by atoms with van der Waals surface area (Å²) in [5.41, 5.74) is 8.07. The van der Waals surface area contributed by atoms with Crippen molar-refractivity contribution in [3.63, 3.8) is 0 Å². The molecule has 10 heteroatoms. The number of carbonyl (C=O) groups excluding carboxylic acids is 1. The fraction of sp³-hybridized carbons (Fsp3) is 0.353. The topological polar surface area (TPSA) is 113 Å². The summed E-state index contributed by atoms with van der Waals surface area (Å²) in [4.78, 5) is 13.0. The number of halogens is 2. The molecular weight excluding hydrogens is 603 g/mol. The molecule has 44 heavy (non-hydrogen) atoms. The van der Waals surface area contributed by atoms with Gasteiger partial charge in [0.1, 0.15) is 23.1 Å². The van der Waals surface area contributed by atoms with Crippen LogP contribution in [0.2, 0.25) is 10.0 Å². The standard InChI is InChI=1S/C34H36Cl2N2O6/c1-5-7-13-42-32-26(35)15-22(16-27(32)36)34(39)43-23-9-10-24-29(18-23)44-33(38)25(19-37)31(24)21-8-11-28(30(17-21)40-6-2)41-14-12-20(3)4/h8-11,15-18,20,31H,5-7,12-14,38H2,1-4H3. The first-order chi connectivity index (χ1) is 21.2. The molecule has 0 aliphatic carbocycles. The fourth-order valence-electron chi connectivity index (χ4n) is 4.64. The van der Waals surface area contributed by atoms with Crippen LogP contribution in [0.5, 0.6) is 28.7 Å². The van der Waals surface area contributed by atoms with Gasteiger partial charge in [0.05, 0.1) is 41.3 Å². The number of allylic oxidation sites excluding steroid dienone is 1. The Labute approximate surface area is 268 Å². The van der Waals surface area contributed by atoms with E-state index in [1.54, 1.807) is 18.2 Å². The van der Waals surface area contributed by atoms with E-state index < -0.39 is 11.9 Å². The van der Waals surface area contributed by atoms with Gasteiger partial charge in [0.15, 0.2) is 17.2 Å². The Bertz CT molecular complexity index is 1560. The van der Waals surface area contributed by atoms with Crippen molar-refractivity contribution >= 4 is 29.2 Å². The number of nitrogens with two attached hydrogens (primary N) is 1. The molecule has 1 atom stereocenters. The zero-order valence-corrected chi connectivity index (χ0v) is 26.8. The average Bonchev–Trinajstić information content (AvgIpc) is 2.98. The molecule has 1 aliphatic heterocycles. The summed E-state index contributed by atoms with van der Waals surface area (Å²) in [5.74, 6) is 1.33. The Balaban J connectivity index is 1.61. The van der Waals surface area contributed by atoms with E-state index in [2.05, 4.69) is 19.9 Å². The molecule has 1 aliphatic rings. The molecule has 8 nitrogen and oxygen atoms in total. The van der Waals surface area contributed by atoms with Crippen LogP contribution >= 0.6 is 23.2 Å². The number of carbonyl (C=O) groups is 1. The summed E-state index contributed by atoms with van der Waals surface area (Å²) in [5, 5.41) is 10.4. The van der Waals surface area contributed by atoms with Gasteiger partial charge in [-0.3, -0.25) is 0 Å². The van der Waals surface area contributed by atoms with Gasteiger partial charge >= 0.3 is 5.97 Å². The summed E-state index contributed by atoms with van der Waals surface area (Å²) in [7, 11) is 0. The van der Waals surface area contributed by atoms with Gasteiger partial charge in [-0.2, -0.15) is 5.26 Å². The zero-order valence-electron chi connectivity index (χ0n) is 25.2. The van der Waals surface area contributed by atoms with Gasteiger partial charge in [-0.25, -0.2) is 4.79 Å². The van der Waals surface area contributed by atoms with Gasteiger partial charge in [0, 0.05) is 11.6 Å². The Morgan fingerprint density at radius 1 is 1.00 bits per heavy atom. The van der Waals surface area contributed by atoms with E-state index in [4.69, 9.17) is 52.6 Å². The highest BCUT2D eigenvalue weighted by molar-refractivity contribution is 6.37. The number of unbranched alkanes of at least 4 members (excludes halogenated alkanes) is 1. The predicted molar refractivity (Wildman–Crippen MR) is 170 cm³/mol. The van der Waals surface area contributed by atoms with Gasteiger partial charge in [-0.05, 0) is 61.6 Å². The molecule has 1 unspecified atom stereocenters. The molecule has 232 valence electrons. The number of rotatable bonds is 13. The van der Waals surface area contributed by atoms with Crippen molar-refractivity contribution in [1.82, 2.24) is 0 Å². The molecule has 0 fully saturated rings. The van der Waals surface area contributed by atoms with E-state index in [-0.39, 0.29) is 32.8 Å². The van der Waals surface area contributed by atoms with Crippen molar-refractivity contribution < 1.29 is 28.5 Å². The van der Waals surface area contributed by atoms with Gasteiger partial charge in [0.25, 0.3) is 0 Å². The number of ether oxygens (including phenoxy) is 5. The van der Waals surface area contributed by atoms with Crippen LogP contribution in [-0.2, 0) is 0 Å². The molecule has 4 rings (SSSR count). The second-order valence-electron chi connectivity index (χ2n) is 10.7. The molecule has 1 heterocycles. The molecule has 2 N–H and O–H groups in total. The normalized spacial score (nSPS) is 14.0. The lowest BCUT2D eigenvalue weighted by Crippen LogP contribution is -2.21. The van der Waals surface area contributed by atoms with Crippen LogP contribution in [0.3, 0.4) is 0 Å². The highest BCUT2D eigenvalue weighted by Crippen LogP contribution is 2.45. The maximum absolute atomic E-state index is 13.0. The van der Waals surface area contributed by atoms with Crippen LogP contribution < -0.4 is 29.4 Å². The van der Waals surface area contributed by atoms with Crippen molar-refractivity contribution in [3.8, 4) is 34.8 Å². The van der Waals surface area contributed by atoms with E-state index in [0.29, 0.717) is 54.3 Å². The number of nitrogens with zero attached hydrogens (tertiary/aromatic N) is 1. The molecule has 0 spiro atoms. The van der Waals surface area contributed by atoms with Crippen LogP contribution in [-0.4, -0.2) is 25.8 Å². The second-order valence-corrected chi connectivity index (χ2v) is 11.5. The lowest BCUT2D eigenvalue weighted by molar-refractivity contribution is 0.0734. The zero-order chi connectivity index (χ0) is 31.8. The minimum atomic E-state index is -0.670. The predicted octanol–water partition coefficient (Wildman–Crippen LogP) is 8.43. The number of hydrogen-bond donors (Lipinski definition) is 1. The van der Waals surface area contributed by atoms with Crippen LogP contribution in [0.15, 0.2) is 60.0 Å². The first-order valence-electron chi connectivity index (χ1n) is 14.6. The second kappa shape index (κ2) is 15.1. The molecule has 0 amide bonds. The maximum Gasteiger partial charge on any atom is 0.343 e. The summed E-state index contributed by atoms with van der Waals surface area (Å²) in [6, 6.07) is 15.6. The van der Waals surface area contributed by atoms with Crippen molar-refractivity contribution in [3.05, 3.63) is 86.7 Å². The summed E-state index contributed by atoms with van der Waals surface area (Å²) < 4.78 is 29.0. The Hall–Kier alpha value is -4.06. The van der Waals surface area contributed by atoms with Crippen LogP contribution in [0, 0.1) is 17.2 Å². The summed E-state index contributed by atoms with van der Waals surface area (Å²) in [6.45, 7) is 9.68. The van der Waals surface area contributed by atoms with Crippen LogP contribution in [0.1, 0.15) is 74.4 Å². The molecular formula is C34H36Cl2N2O6. The van der Waals surface area contributed by atoms with Crippen LogP contribution in [0.25, 0.3) is 0 Å². The minimum Gasteiger partial charge on any atom is -0.490 e. The monoisotopic (exact) mass is 638 g/mol. The molecule has 0 aromatic heterocycles. The highest BCUT2D eigenvalue weighted by Gasteiger charge is 2.32. The van der Waals surface area contributed by atoms with Crippen molar-refractivity contribution in [2.45, 2.75) is 52.9 Å². The van der Waals surface area contributed by atoms with Gasteiger partial charge in [-0.1, -0.05) is 62.5 Å². The molecule has 0 saturated heterocycles. The molecule has 0 bridgehead atoms. The lowest BCUT2D eigenvalue weighted by Gasteiger charge is -2.27.